The molecule has 2 atom stereocenters. The summed E-state index contributed by atoms with van der Waals surface area (Å²) in [7, 11) is -3.86. The summed E-state index contributed by atoms with van der Waals surface area (Å²) < 4.78 is 71.1. The first-order chi connectivity index (χ1) is 39.8. The molecule has 4 aliphatic heterocycles. The van der Waals surface area contributed by atoms with Crippen LogP contribution in [0.25, 0.3) is 39.1 Å². The van der Waals surface area contributed by atoms with Crippen molar-refractivity contribution in [2.45, 2.75) is 101 Å². The summed E-state index contributed by atoms with van der Waals surface area (Å²) in [5.74, 6) is -1.87. The molecule has 438 valence electrons. The van der Waals surface area contributed by atoms with Crippen LogP contribution in [-0.2, 0) is 47.8 Å². The normalized spacial score (nSPS) is 25.1. The Balaban J connectivity index is 0.901. The van der Waals surface area contributed by atoms with Crippen LogP contribution in [0.2, 0.25) is 5.02 Å². The Morgan fingerprint density at radius 2 is 1.25 bits per heavy atom. The third kappa shape index (κ3) is 11.2. The van der Waals surface area contributed by atoms with E-state index in [1.807, 2.05) is 59.5 Å². The van der Waals surface area contributed by atoms with Crippen molar-refractivity contribution < 1.29 is 40.8 Å². The first kappa shape index (κ1) is 57.4. The van der Waals surface area contributed by atoms with Gasteiger partial charge in [0.2, 0.25) is 0 Å². The molecule has 8 bridgehead atoms. The smallest absolute Gasteiger partial charge is 0.303 e. The number of rotatable bonds is 4. The highest BCUT2D eigenvalue weighted by Gasteiger charge is 2.39. The van der Waals surface area contributed by atoms with Crippen LogP contribution in [0.1, 0.15) is 131 Å². The van der Waals surface area contributed by atoms with Gasteiger partial charge in [-0.3, -0.25) is 19.2 Å². The third-order valence-corrected chi connectivity index (χ3v) is 21.8. The molecule has 83 heavy (non-hydrogen) atoms. The molecule has 21 heteroatoms. The highest BCUT2D eigenvalue weighted by atomic mass is 35.5. The fraction of sp³-hybridized carbons (Fsp3) is 0.452. The monoisotopic (exact) mass is 1200 g/mol. The molecule has 12 rings (SSSR count). The number of carbonyl (C=O) groups excluding carboxylic acids is 4. The fourth-order valence-electron chi connectivity index (χ4n) is 14.0. The van der Waals surface area contributed by atoms with Gasteiger partial charge in [0.15, 0.2) is 0 Å². The summed E-state index contributed by atoms with van der Waals surface area (Å²) in [4.78, 5) is 61.6. The van der Waals surface area contributed by atoms with Crippen molar-refractivity contribution in [2.24, 2.45) is 11.8 Å². The topological polar surface area (TPSA) is 193 Å². The van der Waals surface area contributed by atoms with Gasteiger partial charge in [-0.25, -0.2) is 9.44 Å². The molecule has 2 aromatic heterocycles. The lowest BCUT2D eigenvalue weighted by atomic mass is 9.74. The molecule has 3 aliphatic carbocycles. The average molecular weight is 1210 g/mol. The van der Waals surface area contributed by atoms with Gasteiger partial charge in [-0.1, -0.05) is 78.9 Å². The molecule has 2 N–H and O–H groups in total. The Bertz CT molecular complexity index is 3850. The lowest BCUT2D eigenvalue weighted by Gasteiger charge is -2.34. The number of likely N-dealkylation sites (N-methyl/N-ethyl adjacent to an activating group) is 2. The third-order valence-electron chi connectivity index (χ3n) is 18.4. The molecular formula is C62H70Cl2N8O9S2. The number of nitrogens with zero attached hydrogens (tertiary/aromatic N) is 6. The van der Waals surface area contributed by atoms with Crippen LogP contribution in [-0.4, -0.2) is 135 Å². The van der Waals surface area contributed by atoms with Gasteiger partial charge in [-0.2, -0.15) is 25.4 Å². The van der Waals surface area contributed by atoms with Crippen LogP contribution in [0.5, 0.6) is 0 Å². The van der Waals surface area contributed by atoms with Crippen LogP contribution < -0.4 is 9.44 Å². The second-order valence-corrected chi connectivity index (χ2v) is 28.1. The zero-order valence-electron chi connectivity index (χ0n) is 47.0. The second kappa shape index (κ2) is 23.1. The van der Waals surface area contributed by atoms with Gasteiger partial charge in [0, 0.05) is 131 Å². The Morgan fingerprint density at radius 1 is 0.627 bits per heavy atom. The van der Waals surface area contributed by atoms with E-state index in [9.17, 15) is 31.2 Å². The molecule has 3 aromatic carbocycles. The quantitative estimate of drug-likeness (QED) is 0.176. The number of benzene rings is 3. The molecule has 0 spiro atoms. The van der Waals surface area contributed by atoms with E-state index in [0.29, 0.717) is 52.6 Å². The number of amides is 4. The van der Waals surface area contributed by atoms with Gasteiger partial charge in [-0.15, -0.1) is 0 Å². The van der Waals surface area contributed by atoms with Crippen LogP contribution in [0, 0.1) is 11.8 Å². The Kier molecular flexibility index (Phi) is 16.0. The zero-order chi connectivity index (χ0) is 58.1. The number of hydrogen-bond acceptors (Lipinski definition) is 9. The van der Waals surface area contributed by atoms with Crippen LogP contribution >= 0.6 is 23.2 Å². The van der Waals surface area contributed by atoms with E-state index in [1.54, 1.807) is 36.2 Å². The van der Waals surface area contributed by atoms with Gasteiger partial charge >= 0.3 is 20.4 Å². The lowest BCUT2D eigenvalue weighted by Crippen LogP contribution is -2.42. The Hall–Kier alpha value is -6.06. The summed E-state index contributed by atoms with van der Waals surface area (Å²) in [5.41, 5.74) is 9.04. The Labute approximate surface area is 495 Å². The van der Waals surface area contributed by atoms with Crippen molar-refractivity contribution >= 4 is 95.1 Å². The number of fused-ring (bicyclic) bond motifs is 8. The highest BCUT2D eigenvalue weighted by Crippen LogP contribution is 2.50. The molecule has 5 aromatic rings. The second-order valence-electron chi connectivity index (χ2n) is 23.7. The summed E-state index contributed by atoms with van der Waals surface area (Å²) >= 11 is 13.6. The highest BCUT2D eigenvalue weighted by molar-refractivity contribution is 7.88. The van der Waals surface area contributed by atoms with Gasteiger partial charge in [0.25, 0.3) is 23.6 Å². The van der Waals surface area contributed by atoms with Crippen LogP contribution in [0.4, 0.5) is 0 Å². The van der Waals surface area contributed by atoms with Gasteiger partial charge in [0.05, 0.1) is 32.0 Å². The Morgan fingerprint density at radius 3 is 1.96 bits per heavy atom. The maximum Gasteiger partial charge on any atom is 0.303 e. The van der Waals surface area contributed by atoms with Gasteiger partial charge < -0.3 is 23.7 Å². The van der Waals surface area contributed by atoms with Crippen molar-refractivity contribution in [1.82, 2.24) is 37.0 Å². The molecular weight excluding hydrogens is 1140 g/mol. The minimum atomic E-state index is -4.23. The number of aromatic nitrogens is 2. The average Bonchev–Trinajstić information content (AvgIpc) is 2.08. The minimum Gasteiger partial charge on any atom is -0.378 e. The van der Waals surface area contributed by atoms with E-state index in [1.165, 1.54) is 19.7 Å². The zero-order valence-corrected chi connectivity index (χ0v) is 50.2. The van der Waals surface area contributed by atoms with Crippen molar-refractivity contribution in [3.8, 4) is 11.3 Å². The van der Waals surface area contributed by atoms with E-state index >= 15 is 4.79 Å². The van der Waals surface area contributed by atoms with E-state index in [4.69, 9.17) is 27.9 Å². The standard InChI is InChI=1S/C62H70Cl2N8O9S2/c1-67-25-27-81-28-26-69(3)83(79,80)66-60(74)42-17-21-51-53(32-42)71-36-45(61(67)75)30-44-31-47(63)19-22-49(44)57(71)56(51)40-13-11-38(12-14-40)35-70-24-8-7-23-68(2)82(77,78)65-59(73)43-16-20-50-54(33-43)72-37-46(62(70)76)29-41-15-18-48(64)34-52(41)58(72)55(50)39-9-5-4-6-10-39/h15-22,29-34,38-40,44,49H,4-14,23-28,35-37H2,1-3H3,(H,65,73)(H,66,74). The molecule has 17 nitrogen and oxygen atoms in total. The van der Waals surface area contributed by atoms with Crippen molar-refractivity contribution in [3.05, 3.63) is 134 Å². The first-order valence-corrected chi connectivity index (χ1v) is 32.7. The maximum absolute atomic E-state index is 15.7. The largest absolute Gasteiger partial charge is 0.378 e. The van der Waals surface area contributed by atoms with Gasteiger partial charge in [-0.05, 0) is 134 Å². The SMILES string of the molecule is CN1CCOCCN(C)S(=O)(=O)NC(=O)c2ccc3c(C4CCC(CN5CCCCN(C)S(=O)(=O)NC(=O)c6ccc7c(C8CCCCC8)c8n(c7c6)CC(=Cc6ccc(Cl)cc6-8)C5=O)CC4)c4n(c3c2)CC(=CC2C=C(Cl)C=CC42)C1=O. The van der Waals surface area contributed by atoms with Gasteiger partial charge in [0.1, 0.15) is 0 Å². The molecule has 0 radical (unpaired) electrons. The van der Waals surface area contributed by atoms with Crippen molar-refractivity contribution in [1.29, 1.82) is 0 Å². The van der Waals surface area contributed by atoms with E-state index in [2.05, 4.69) is 24.7 Å². The molecule has 2 saturated carbocycles. The molecule has 6 heterocycles. The number of hydrogen-bond donors (Lipinski definition) is 2. The fourth-order valence-corrected chi connectivity index (χ4v) is 16.1. The summed E-state index contributed by atoms with van der Waals surface area (Å²) in [6, 6.07) is 16.6. The molecule has 2 fully saturated rings. The summed E-state index contributed by atoms with van der Waals surface area (Å²) in [6.45, 7) is 1.93. The van der Waals surface area contributed by atoms with Crippen LogP contribution in [0.3, 0.4) is 0 Å². The molecule has 2 unspecified atom stereocenters. The van der Waals surface area contributed by atoms with Crippen molar-refractivity contribution in [3.63, 3.8) is 0 Å². The number of allylic oxidation sites excluding steroid dienone is 5. The molecule has 7 aliphatic rings. The number of nitrogens with one attached hydrogen (secondary N) is 2. The number of carbonyl (C=O) groups is 4. The summed E-state index contributed by atoms with van der Waals surface area (Å²) in [5, 5.41) is 3.02. The predicted octanol–water partition coefficient (Wildman–Crippen LogP) is 9.59. The number of ether oxygens (including phenoxy) is 1. The minimum absolute atomic E-state index is 0.00706. The van der Waals surface area contributed by atoms with Crippen molar-refractivity contribution in [2.75, 3.05) is 67.1 Å². The maximum atomic E-state index is 15.7. The van der Waals surface area contributed by atoms with E-state index < -0.39 is 32.2 Å². The lowest BCUT2D eigenvalue weighted by molar-refractivity contribution is -0.128. The molecule has 0 saturated heterocycles. The van der Waals surface area contributed by atoms with E-state index in [-0.39, 0.29) is 98.5 Å². The molecule has 4 amide bonds. The van der Waals surface area contributed by atoms with E-state index in [0.717, 1.165) is 111 Å². The van der Waals surface area contributed by atoms with Crippen LogP contribution in [0.15, 0.2) is 95.1 Å². The predicted molar refractivity (Wildman–Crippen MR) is 323 cm³/mol. The summed E-state index contributed by atoms with van der Waals surface area (Å²) in [6.07, 6.45) is 19.4. The first-order valence-electron chi connectivity index (χ1n) is 29.1. The number of halogens is 2.